The number of hydrogen-bond acceptors (Lipinski definition) is 4. The molecule has 2 heterocycles. The van der Waals surface area contributed by atoms with E-state index in [1.54, 1.807) is 30.6 Å². The van der Waals surface area contributed by atoms with Crippen molar-refractivity contribution in [3.8, 4) is 0 Å². The van der Waals surface area contributed by atoms with Crippen LogP contribution in [-0.2, 0) is 18.3 Å². The van der Waals surface area contributed by atoms with Crippen LogP contribution < -0.4 is 0 Å². The molecule has 1 N–H and O–H groups in total. The van der Waals surface area contributed by atoms with Gasteiger partial charge in [-0.1, -0.05) is 12.1 Å². The number of nitrogens with zero attached hydrogens (tertiary/aromatic N) is 4. The van der Waals surface area contributed by atoms with Gasteiger partial charge < -0.3 is 14.6 Å². The number of carbonyl (C=O) groups is 2. The lowest BCUT2D eigenvalue weighted by atomic mass is 9.95. The summed E-state index contributed by atoms with van der Waals surface area (Å²) < 4.78 is 1.95. The van der Waals surface area contributed by atoms with Crippen LogP contribution in [0, 0.1) is 0 Å². The molecule has 0 spiro atoms. The van der Waals surface area contributed by atoms with E-state index in [-0.39, 0.29) is 11.5 Å². The molecule has 3 rings (SSSR count). The van der Waals surface area contributed by atoms with Crippen molar-refractivity contribution in [2.45, 2.75) is 31.6 Å². The zero-order valence-corrected chi connectivity index (χ0v) is 14.3. The van der Waals surface area contributed by atoms with Crippen LogP contribution in [0.4, 0.5) is 0 Å². The second-order valence-electron chi connectivity index (χ2n) is 6.46. The van der Waals surface area contributed by atoms with Gasteiger partial charge in [0.25, 0.3) is 0 Å². The summed E-state index contributed by atoms with van der Waals surface area (Å²) in [6.07, 6.45) is 4.60. The third-order valence-electron chi connectivity index (χ3n) is 4.79. The van der Waals surface area contributed by atoms with E-state index in [4.69, 9.17) is 5.11 Å². The van der Waals surface area contributed by atoms with Crippen LogP contribution in [0.2, 0.25) is 0 Å². The predicted molar refractivity (Wildman–Crippen MR) is 91.3 cm³/mol. The highest BCUT2D eigenvalue weighted by atomic mass is 16.4. The summed E-state index contributed by atoms with van der Waals surface area (Å²) >= 11 is 0. The Bertz CT molecular complexity index is 746. The first kappa shape index (κ1) is 17.1. The molecule has 0 unspecified atom stereocenters. The van der Waals surface area contributed by atoms with Gasteiger partial charge in [-0.15, -0.1) is 10.2 Å². The fourth-order valence-corrected chi connectivity index (χ4v) is 3.27. The quantitative estimate of drug-likeness (QED) is 0.896. The summed E-state index contributed by atoms with van der Waals surface area (Å²) in [4.78, 5) is 25.2. The molecule has 132 valence electrons. The third kappa shape index (κ3) is 4.04. The van der Waals surface area contributed by atoms with Crippen molar-refractivity contribution in [2.24, 2.45) is 7.05 Å². The van der Waals surface area contributed by atoms with E-state index in [1.807, 2.05) is 16.5 Å². The fraction of sp³-hybridized carbons (Fsp3) is 0.444. The number of amides is 1. The Kier molecular flexibility index (Phi) is 5.11. The number of rotatable bonds is 5. The lowest BCUT2D eigenvalue weighted by molar-refractivity contribution is -0.132. The van der Waals surface area contributed by atoms with E-state index in [1.165, 1.54) is 0 Å². The van der Waals surface area contributed by atoms with Crippen molar-refractivity contribution in [3.63, 3.8) is 0 Å². The maximum atomic E-state index is 12.4. The van der Waals surface area contributed by atoms with E-state index in [9.17, 15) is 9.59 Å². The van der Waals surface area contributed by atoms with Gasteiger partial charge in [0.15, 0.2) is 0 Å². The second kappa shape index (κ2) is 7.46. The number of aryl methyl sites for hydroxylation is 2. The highest BCUT2D eigenvalue weighted by Gasteiger charge is 2.26. The van der Waals surface area contributed by atoms with Gasteiger partial charge in [0.2, 0.25) is 5.91 Å². The molecule has 1 aliphatic rings. The Morgan fingerprint density at radius 2 is 1.88 bits per heavy atom. The van der Waals surface area contributed by atoms with Gasteiger partial charge in [0.05, 0.1) is 5.56 Å². The predicted octanol–water partition coefficient (Wildman–Crippen LogP) is 1.85. The Morgan fingerprint density at radius 1 is 1.20 bits per heavy atom. The molecular weight excluding hydrogens is 320 g/mol. The summed E-state index contributed by atoms with van der Waals surface area (Å²) in [5.74, 6) is 0.567. The number of hydrogen-bond donors (Lipinski definition) is 1. The Balaban J connectivity index is 1.48. The maximum absolute atomic E-state index is 12.4. The molecule has 0 aliphatic carbocycles. The molecular formula is C18H22N4O3. The molecule has 0 radical (unpaired) electrons. The molecule has 1 aromatic heterocycles. The third-order valence-corrected chi connectivity index (χ3v) is 4.79. The molecule has 2 aromatic rings. The molecule has 1 aliphatic heterocycles. The van der Waals surface area contributed by atoms with E-state index in [2.05, 4.69) is 10.2 Å². The summed E-state index contributed by atoms with van der Waals surface area (Å²) in [6.45, 7) is 1.49. The van der Waals surface area contributed by atoms with Crippen molar-refractivity contribution < 1.29 is 14.7 Å². The summed E-state index contributed by atoms with van der Waals surface area (Å²) in [5.41, 5.74) is 1.24. The summed E-state index contributed by atoms with van der Waals surface area (Å²) in [7, 11) is 1.95. The minimum Gasteiger partial charge on any atom is -0.478 e. The summed E-state index contributed by atoms with van der Waals surface area (Å²) in [6, 6.07) is 6.71. The SMILES string of the molecule is Cn1cnnc1C1CCN(C(=O)CCc2ccc(C(=O)O)cc2)CC1. The van der Waals surface area contributed by atoms with Gasteiger partial charge in [-0.25, -0.2) is 4.79 Å². The van der Waals surface area contributed by atoms with Crippen molar-refractivity contribution in [2.75, 3.05) is 13.1 Å². The van der Waals surface area contributed by atoms with Crippen LogP contribution >= 0.6 is 0 Å². The van der Waals surface area contributed by atoms with E-state index >= 15 is 0 Å². The topological polar surface area (TPSA) is 88.3 Å². The van der Waals surface area contributed by atoms with Gasteiger partial charge in [-0.2, -0.15) is 0 Å². The molecule has 1 amide bonds. The largest absolute Gasteiger partial charge is 0.478 e. The van der Waals surface area contributed by atoms with Crippen molar-refractivity contribution in [3.05, 3.63) is 47.5 Å². The van der Waals surface area contributed by atoms with Crippen LogP contribution in [0.5, 0.6) is 0 Å². The van der Waals surface area contributed by atoms with Crippen molar-refractivity contribution in [1.29, 1.82) is 0 Å². The first-order chi connectivity index (χ1) is 12.0. The van der Waals surface area contributed by atoms with Crippen LogP contribution in [0.1, 0.15) is 46.9 Å². The van der Waals surface area contributed by atoms with Gasteiger partial charge in [-0.05, 0) is 37.0 Å². The number of aromatic carboxylic acids is 1. The first-order valence-electron chi connectivity index (χ1n) is 8.48. The van der Waals surface area contributed by atoms with Gasteiger partial charge in [0.1, 0.15) is 12.2 Å². The number of carbonyl (C=O) groups excluding carboxylic acids is 1. The number of benzene rings is 1. The van der Waals surface area contributed by atoms with Crippen LogP contribution in [0.25, 0.3) is 0 Å². The zero-order chi connectivity index (χ0) is 17.8. The number of piperidine rings is 1. The summed E-state index contributed by atoms with van der Waals surface area (Å²) in [5, 5.41) is 17.0. The van der Waals surface area contributed by atoms with Crippen molar-refractivity contribution in [1.82, 2.24) is 19.7 Å². The van der Waals surface area contributed by atoms with Crippen LogP contribution in [0.15, 0.2) is 30.6 Å². The number of likely N-dealkylation sites (tertiary alicyclic amines) is 1. The number of carboxylic acid groups (broad SMARTS) is 1. The highest BCUT2D eigenvalue weighted by Crippen LogP contribution is 2.26. The average molecular weight is 342 g/mol. The van der Waals surface area contributed by atoms with Gasteiger partial charge in [0, 0.05) is 32.5 Å². The first-order valence-corrected chi connectivity index (χ1v) is 8.48. The van der Waals surface area contributed by atoms with E-state index in [0.29, 0.717) is 18.8 Å². The molecule has 0 bridgehead atoms. The maximum Gasteiger partial charge on any atom is 0.335 e. The minimum absolute atomic E-state index is 0.152. The molecule has 0 saturated carbocycles. The lowest BCUT2D eigenvalue weighted by Crippen LogP contribution is -2.38. The van der Waals surface area contributed by atoms with E-state index in [0.717, 1.165) is 37.3 Å². The molecule has 7 nitrogen and oxygen atoms in total. The average Bonchev–Trinajstić information content (AvgIpc) is 3.06. The second-order valence-corrected chi connectivity index (χ2v) is 6.46. The molecule has 7 heteroatoms. The van der Waals surface area contributed by atoms with Gasteiger partial charge >= 0.3 is 5.97 Å². The van der Waals surface area contributed by atoms with E-state index < -0.39 is 5.97 Å². The van der Waals surface area contributed by atoms with Crippen LogP contribution in [-0.4, -0.2) is 49.7 Å². The van der Waals surface area contributed by atoms with Gasteiger partial charge in [-0.3, -0.25) is 4.79 Å². The smallest absolute Gasteiger partial charge is 0.335 e. The normalized spacial score (nSPS) is 15.3. The molecule has 1 aromatic carbocycles. The Hall–Kier alpha value is -2.70. The molecule has 1 fully saturated rings. The standard InChI is InChI=1S/C18H22N4O3/c1-21-12-19-20-17(21)14-8-10-22(11-9-14)16(23)7-4-13-2-5-15(6-3-13)18(24)25/h2-3,5-6,12,14H,4,7-11H2,1H3,(H,24,25). The monoisotopic (exact) mass is 342 g/mol. The fourth-order valence-electron chi connectivity index (χ4n) is 3.27. The number of carboxylic acids is 1. The minimum atomic E-state index is -0.937. The number of aromatic nitrogens is 3. The molecule has 1 saturated heterocycles. The van der Waals surface area contributed by atoms with Crippen LogP contribution in [0.3, 0.4) is 0 Å². The Labute approximate surface area is 146 Å². The highest BCUT2D eigenvalue weighted by molar-refractivity contribution is 5.87. The molecule has 25 heavy (non-hydrogen) atoms. The Morgan fingerprint density at radius 3 is 2.44 bits per heavy atom. The lowest BCUT2D eigenvalue weighted by Gasteiger charge is -2.31. The zero-order valence-electron chi connectivity index (χ0n) is 14.3. The van der Waals surface area contributed by atoms with Crippen molar-refractivity contribution >= 4 is 11.9 Å². The molecule has 0 atom stereocenters.